The summed E-state index contributed by atoms with van der Waals surface area (Å²) in [5.74, 6) is 2.17. The van der Waals surface area contributed by atoms with Crippen LogP contribution in [-0.4, -0.2) is 16.2 Å². The molecule has 2 N–H and O–H groups in total. The highest BCUT2D eigenvalue weighted by Gasteiger charge is 2.56. The Morgan fingerprint density at radius 1 is 1.03 bits per heavy atom. The van der Waals surface area contributed by atoms with E-state index >= 15 is 0 Å². The summed E-state index contributed by atoms with van der Waals surface area (Å²) in [5, 5.41) is 16.1. The minimum absolute atomic E-state index is 0.0535. The molecule has 4 fully saturated rings. The van der Waals surface area contributed by atoms with Crippen LogP contribution in [0.2, 0.25) is 10.0 Å². The van der Waals surface area contributed by atoms with Crippen molar-refractivity contribution in [2.45, 2.75) is 62.8 Å². The Hall–Kier alpha value is -0.780. The van der Waals surface area contributed by atoms with Crippen LogP contribution in [0.5, 0.6) is 5.75 Å². The third-order valence-corrected chi connectivity index (χ3v) is 8.19. The predicted molar refractivity (Wildman–Crippen MR) is 124 cm³/mol. The van der Waals surface area contributed by atoms with Crippen LogP contribution in [0.25, 0.3) is 0 Å². The quantitative estimate of drug-likeness (QED) is 0.465. The zero-order chi connectivity index (χ0) is 20.9. The first-order chi connectivity index (χ1) is 14.3. The average molecular weight is 511 g/mol. The molecule has 4 aliphatic rings. The van der Waals surface area contributed by atoms with E-state index in [0.29, 0.717) is 28.5 Å². The Bertz CT molecular complexity index is 952. The number of benzene rings is 2. The van der Waals surface area contributed by atoms with Crippen LogP contribution in [0.1, 0.15) is 49.7 Å². The van der Waals surface area contributed by atoms with Crippen LogP contribution in [0.15, 0.2) is 40.9 Å². The lowest BCUT2D eigenvalue weighted by Gasteiger charge is -2.60. The average Bonchev–Trinajstić information content (AvgIpc) is 2.65. The molecule has 0 heterocycles. The van der Waals surface area contributed by atoms with Crippen molar-refractivity contribution in [3.8, 4) is 5.75 Å². The largest absolute Gasteiger partial charge is 0.489 e. The molecular weight excluding hydrogens is 485 g/mol. The second-order valence-corrected chi connectivity index (χ2v) is 11.4. The summed E-state index contributed by atoms with van der Waals surface area (Å²) in [4.78, 5) is 0. The molecule has 2 aromatic rings. The monoisotopic (exact) mass is 509 g/mol. The molecule has 6 heteroatoms. The molecule has 2 atom stereocenters. The molecule has 4 saturated carbocycles. The van der Waals surface area contributed by atoms with Crippen LogP contribution in [0.3, 0.4) is 0 Å². The Morgan fingerprint density at radius 3 is 2.50 bits per heavy atom. The zero-order valence-corrected chi connectivity index (χ0v) is 19.9. The third kappa shape index (κ3) is 4.27. The second kappa shape index (κ2) is 7.97. The number of hydrogen-bond donors (Lipinski definition) is 2. The zero-order valence-electron chi connectivity index (χ0n) is 16.8. The topological polar surface area (TPSA) is 41.5 Å². The Kier molecular flexibility index (Phi) is 5.60. The minimum Gasteiger partial charge on any atom is -0.489 e. The third-order valence-electron chi connectivity index (χ3n) is 7.10. The van der Waals surface area contributed by atoms with Gasteiger partial charge in [0.25, 0.3) is 0 Å². The fraction of sp³-hybridized carbons (Fsp3) is 0.500. The Morgan fingerprint density at radius 2 is 1.80 bits per heavy atom. The number of aliphatic hydroxyl groups is 1. The van der Waals surface area contributed by atoms with Gasteiger partial charge in [-0.2, -0.15) is 0 Å². The van der Waals surface area contributed by atoms with Crippen LogP contribution < -0.4 is 10.1 Å². The van der Waals surface area contributed by atoms with Crippen LogP contribution in [0.4, 0.5) is 0 Å². The van der Waals surface area contributed by atoms with Crippen molar-refractivity contribution >= 4 is 39.1 Å². The molecule has 2 unspecified atom stereocenters. The minimum atomic E-state index is -0.459. The maximum Gasteiger partial charge on any atom is 0.124 e. The van der Waals surface area contributed by atoms with Crippen molar-refractivity contribution in [3.05, 3.63) is 62.0 Å². The van der Waals surface area contributed by atoms with Crippen LogP contribution in [-0.2, 0) is 13.2 Å². The first-order valence-corrected chi connectivity index (χ1v) is 12.2. The molecule has 2 aromatic carbocycles. The number of hydrogen-bond acceptors (Lipinski definition) is 3. The summed E-state index contributed by atoms with van der Waals surface area (Å²) < 4.78 is 7.18. The molecule has 4 bridgehead atoms. The molecule has 0 radical (unpaired) electrons. The van der Waals surface area contributed by atoms with Gasteiger partial charge in [0.05, 0.1) is 5.60 Å². The lowest BCUT2D eigenvalue weighted by molar-refractivity contribution is -0.142. The fourth-order valence-corrected chi connectivity index (χ4v) is 7.20. The molecule has 4 aliphatic carbocycles. The van der Waals surface area contributed by atoms with Gasteiger partial charge in [0.2, 0.25) is 0 Å². The molecular formula is C24H26BrCl2NO2. The fourth-order valence-electron chi connectivity index (χ4n) is 6.32. The smallest absolute Gasteiger partial charge is 0.124 e. The van der Waals surface area contributed by atoms with Gasteiger partial charge in [-0.05, 0) is 80.7 Å². The molecule has 3 nitrogen and oxygen atoms in total. The molecule has 0 aliphatic heterocycles. The molecule has 0 aromatic heterocycles. The van der Waals surface area contributed by atoms with E-state index in [1.165, 1.54) is 19.3 Å². The first-order valence-electron chi connectivity index (χ1n) is 10.6. The summed E-state index contributed by atoms with van der Waals surface area (Å²) in [7, 11) is 0. The van der Waals surface area contributed by atoms with E-state index < -0.39 is 5.60 Å². The second-order valence-electron chi connectivity index (χ2n) is 9.60. The van der Waals surface area contributed by atoms with Crippen molar-refractivity contribution < 1.29 is 9.84 Å². The normalized spacial score (nSPS) is 31.9. The van der Waals surface area contributed by atoms with Gasteiger partial charge in [0.15, 0.2) is 0 Å². The molecule has 0 amide bonds. The summed E-state index contributed by atoms with van der Waals surface area (Å²) in [5.41, 5.74) is 1.61. The predicted octanol–water partition coefficient (Wildman–Crippen LogP) is 6.51. The molecule has 0 saturated heterocycles. The van der Waals surface area contributed by atoms with E-state index in [-0.39, 0.29) is 5.54 Å². The van der Waals surface area contributed by atoms with Gasteiger partial charge in [-0.15, -0.1) is 0 Å². The van der Waals surface area contributed by atoms with Gasteiger partial charge >= 0.3 is 0 Å². The Labute approximate surface area is 196 Å². The van der Waals surface area contributed by atoms with Crippen molar-refractivity contribution in [2.24, 2.45) is 11.8 Å². The van der Waals surface area contributed by atoms with Gasteiger partial charge in [-0.1, -0.05) is 45.2 Å². The maximum absolute atomic E-state index is 11.0. The van der Waals surface area contributed by atoms with Gasteiger partial charge in [-0.25, -0.2) is 0 Å². The van der Waals surface area contributed by atoms with Crippen LogP contribution >= 0.6 is 39.1 Å². The first kappa shape index (κ1) is 21.1. The summed E-state index contributed by atoms with van der Waals surface area (Å²) in [6, 6.07) is 11.6. The number of ether oxygens (including phenoxy) is 1. The van der Waals surface area contributed by atoms with Gasteiger partial charge in [-0.3, -0.25) is 0 Å². The van der Waals surface area contributed by atoms with E-state index in [1.807, 2.05) is 24.3 Å². The lowest BCUT2D eigenvalue weighted by atomic mass is 9.51. The SMILES string of the molecule is OC12CC3CC(C1)CC(NCc1cc(Br)ccc1OCc1ccc(Cl)cc1Cl)(C3)C2. The van der Waals surface area contributed by atoms with E-state index in [1.54, 1.807) is 6.07 Å². The summed E-state index contributed by atoms with van der Waals surface area (Å²) >= 11 is 15.9. The molecule has 6 rings (SSSR count). The lowest BCUT2D eigenvalue weighted by Crippen LogP contribution is -2.64. The van der Waals surface area contributed by atoms with Gasteiger partial charge in [0, 0.05) is 37.7 Å². The van der Waals surface area contributed by atoms with Crippen molar-refractivity contribution in [2.75, 3.05) is 0 Å². The number of nitrogens with one attached hydrogen (secondary N) is 1. The van der Waals surface area contributed by atoms with Crippen molar-refractivity contribution in [3.63, 3.8) is 0 Å². The highest BCUT2D eigenvalue weighted by atomic mass is 79.9. The number of halogens is 3. The molecule has 160 valence electrons. The highest BCUT2D eigenvalue weighted by molar-refractivity contribution is 9.10. The van der Waals surface area contributed by atoms with Gasteiger partial charge < -0.3 is 15.2 Å². The molecule has 30 heavy (non-hydrogen) atoms. The van der Waals surface area contributed by atoms with Crippen LogP contribution in [0, 0.1) is 11.8 Å². The van der Waals surface area contributed by atoms with E-state index in [4.69, 9.17) is 27.9 Å². The molecule has 0 spiro atoms. The summed E-state index contributed by atoms with van der Waals surface area (Å²) in [6.07, 6.45) is 6.49. The van der Waals surface area contributed by atoms with E-state index in [2.05, 4.69) is 27.3 Å². The summed E-state index contributed by atoms with van der Waals surface area (Å²) in [6.45, 7) is 1.11. The maximum atomic E-state index is 11.0. The number of rotatable bonds is 6. The van der Waals surface area contributed by atoms with Crippen molar-refractivity contribution in [1.29, 1.82) is 0 Å². The van der Waals surface area contributed by atoms with Crippen molar-refractivity contribution in [1.82, 2.24) is 5.32 Å². The standard InChI is InChI=1S/C24H26BrCl2NO2/c25-19-2-4-22(30-13-17-1-3-20(26)7-21(17)27)18(6-19)12-28-23-8-15-5-16(9-23)11-24(29,10-15)14-23/h1-4,6-7,15-16,28-29H,5,8-14H2. The Balaban J connectivity index is 1.31. The van der Waals surface area contributed by atoms with E-state index in [0.717, 1.165) is 47.2 Å². The highest BCUT2D eigenvalue weighted by Crippen LogP contribution is 2.57. The van der Waals surface area contributed by atoms with E-state index in [9.17, 15) is 5.11 Å². The van der Waals surface area contributed by atoms with Gasteiger partial charge in [0.1, 0.15) is 12.4 Å².